The standard InChI is InChI=1S/C11H11NO2/c1-7-4-9(6-12)11(8(2)13)10(5-7)14-3/h4-5H,1-3H3. The summed E-state index contributed by atoms with van der Waals surface area (Å²) in [7, 11) is 1.49. The van der Waals surface area contributed by atoms with Crippen LogP contribution in [0.4, 0.5) is 0 Å². The molecule has 0 aliphatic rings. The molecule has 0 spiro atoms. The Morgan fingerprint density at radius 1 is 1.50 bits per heavy atom. The van der Waals surface area contributed by atoms with Crippen LogP contribution in [0, 0.1) is 18.3 Å². The van der Waals surface area contributed by atoms with Gasteiger partial charge in [-0.3, -0.25) is 4.79 Å². The minimum atomic E-state index is -0.154. The molecule has 1 aromatic rings. The summed E-state index contributed by atoms with van der Waals surface area (Å²) in [4.78, 5) is 11.3. The van der Waals surface area contributed by atoms with E-state index < -0.39 is 0 Å². The van der Waals surface area contributed by atoms with Gasteiger partial charge in [-0.2, -0.15) is 5.26 Å². The van der Waals surface area contributed by atoms with Crippen molar-refractivity contribution in [2.75, 3.05) is 7.11 Å². The van der Waals surface area contributed by atoms with Crippen molar-refractivity contribution in [2.24, 2.45) is 0 Å². The fourth-order valence-electron chi connectivity index (χ4n) is 1.37. The zero-order chi connectivity index (χ0) is 10.7. The second kappa shape index (κ2) is 3.93. The van der Waals surface area contributed by atoms with Crippen molar-refractivity contribution in [1.82, 2.24) is 0 Å². The monoisotopic (exact) mass is 189 g/mol. The number of rotatable bonds is 2. The molecule has 0 fully saturated rings. The number of ether oxygens (including phenoxy) is 1. The van der Waals surface area contributed by atoms with Crippen molar-refractivity contribution in [1.29, 1.82) is 5.26 Å². The Bertz CT molecular complexity index is 416. The van der Waals surface area contributed by atoms with Crippen molar-refractivity contribution in [3.05, 3.63) is 28.8 Å². The SMILES string of the molecule is COc1cc(C)cc(C#N)c1C(C)=O. The molecule has 0 aliphatic carbocycles. The summed E-state index contributed by atoms with van der Waals surface area (Å²) in [6, 6.07) is 5.42. The summed E-state index contributed by atoms with van der Waals surface area (Å²) >= 11 is 0. The molecule has 1 aromatic carbocycles. The normalized spacial score (nSPS) is 9.29. The summed E-state index contributed by atoms with van der Waals surface area (Å²) in [6.45, 7) is 3.28. The third-order valence-corrected chi connectivity index (χ3v) is 1.94. The molecule has 0 N–H and O–H groups in total. The highest BCUT2D eigenvalue weighted by molar-refractivity contribution is 5.99. The van der Waals surface area contributed by atoms with E-state index in [1.54, 1.807) is 12.1 Å². The second-order valence-electron chi connectivity index (χ2n) is 3.06. The number of nitrogens with zero attached hydrogens (tertiary/aromatic N) is 1. The van der Waals surface area contributed by atoms with E-state index in [1.807, 2.05) is 13.0 Å². The third kappa shape index (κ3) is 1.74. The highest BCUT2D eigenvalue weighted by Crippen LogP contribution is 2.24. The van der Waals surface area contributed by atoms with Gasteiger partial charge in [-0.25, -0.2) is 0 Å². The number of hydrogen-bond acceptors (Lipinski definition) is 3. The van der Waals surface area contributed by atoms with Crippen molar-refractivity contribution in [3.8, 4) is 11.8 Å². The molecule has 0 unspecified atom stereocenters. The zero-order valence-corrected chi connectivity index (χ0v) is 8.42. The molecule has 0 aliphatic heterocycles. The highest BCUT2D eigenvalue weighted by atomic mass is 16.5. The molecular formula is C11H11NO2. The van der Waals surface area contributed by atoms with Crippen molar-refractivity contribution in [2.45, 2.75) is 13.8 Å². The second-order valence-corrected chi connectivity index (χ2v) is 3.06. The van der Waals surface area contributed by atoms with Crippen LogP contribution in [0.1, 0.15) is 28.4 Å². The number of Topliss-reactive ketones (excluding diaryl/α,β-unsaturated/α-hetero) is 1. The number of carbonyl (C=O) groups is 1. The molecule has 0 heterocycles. The molecule has 0 saturated heterocycles. The molecule has 0 amide bonds. The van der Waals surface area contributed by atoms with Crippen LogP contribution in [0.15, 0.2) is 12.1 Å². The molecular weight excluding hydrogens is 178 g/mol. The van der Waals surface area contributed by atoms with Gasteiger partial charge < -0.3 is 4.74 Å². The van der Waals surface area contributed by atoms with E-state index in [1.165, 1.54) is 14.0 Å². The molecule has 72 valence electrons. The molecule has 0 atom stereocenters. The maximum Gasteiger partial charge on any atom is 0.164 e. The molecule has 1 rings (SSSR count). The van der Waals surface area contributed by atoms with Gasteiger partial charge in [0.1, 0.15) is 11.8 Å². The smallest absolute Gasteiger partial charge is 0.164 e. The fraction of sp³-hybridized carbons (Fsp3) is 0.273. The average molecular weight is 189 g/mol. The van der Waals surface area contributed by atoms with Gasteiger partial charge in [0.15, 0.2) is 5.78 Å². The number of methoxy groups -OCH3 is 1. The molecule has 14 heavy (non-hydrogen) atoms. The minimum absolute atomic E-state index is 0.154. The fourth-order valence-corrected chi connectivity index (χ4v) is 1.37. The zero-order valence-electron chi connectivity index (χ0n) is 8.42. The van der Waals surface area contributed by atoms with Gasteiger partial charge in [-0.05, 0) is 31.5 Å². The van der Waals surface area contributed by atoms with Crippen LogP contribution in [0.3, 0.4) is 0 Å². The minimum Gasteiger partial charge on any atom is -0.496 e. The Morgan fingerprint density at radius 2 is 2.14 bits per heavy atom. The Morgan fingerprint density at radius 3 is 2.57 bits per heavy atom. The number of carbonyl (C=O) groups excluding carboxylic acids is 1. The highest BCUT2D eigenvalue weighted by Gasteiger charge is 2.14. The van der Waals surface area contributed by atoms with Crippen LogP contribution >= 0.6 is 0 Å². The number of nitriles is 1. The Balaban J connectivity index is 3.50. The van der Waals surface area contributed by atoms with Gasteiger partial charge in [0.2, 0.25) is 0 Å². The molecule has 0 saturated carbocycles. The number of benzene rings is 1. The van der Waals surface area contributed by atoms with E-state index in [9.17, 15) is 4.79 Å². The number of ketones is 1. The Hall–Kier alpha value is -1.82. The molecule has 0 aromatic heterocycles. The molecule has 3 heteroatoms. The van der Waals surface area contributed by atoms with E-state index in [0.717, 1.165) is 5.56 Å². The lowest BCUT2D eigenvalue weighted by Gasteiger charge is -2.08. The van der Waals surface area contributed by atoms with E-state index in [4.69, 9.17) is 10.00 Å². The first kappa shape index (κ1) is 10.3. The lowest BCUT2D eigenvalue weighted by Crippen LogP contribution is -2.01. The van der Waals surface area contributed by atoms with Crippen LogP contribution in [0.5, 0.6) is 5.75 Å². The van der Waals surface area contributed by atoms with Gasteiger partial charge in [-0.15, -0.1) is 0 Å². The molecule has 3 nitrogen and oxygen atoms in total. The lowest BCUT2D eigenvalue weighted by atomic mass is 10.0. The average Bonchev–Trinajstić information content (AvgIpc) is 2.15. The maximum absolute atomic E-state index is 11.3. The van der Waals surface area contributed by atoms with Gasteiger partial charge in [-0.1, -0.05) is 0 Å². The van der Waals surface area contributed by atoms with Crippen LogP contribution in [-0.4, -0.2) is 12.9 Å². The van der Waals surface area contributed by atoms with Gasteiger partial charge in [0.25, 0.3) is 0 Å². The van der Waals surface area contributed by atoms with Gasteiger partial charge in [0.05, 0.1) is 18.2 Å². The number of aryl methyl sites for hydroxylation is 1. The first-order valence-corrected chi connectivity index (χ1v) is 4.19. The summed E-state index contributed by atoms with van der Waals surface area (Å²) < 4.78 is 5.06. The molecule has 0 radical (unpaired) electrons. The van der Waals surface area contributed by atoms with E-state index in [0.29, 0.717) is 16.9 Å². The van der Waals surface area contributed by atoms with Crippen LogP contribution in [-0.2, 0) is 0 Å². The predicted molar refractivity (Wildman–Crippen MR) is 52.5 cm³/mol. The van der Waals surface area contributed by atoms with Crippen LogP contribution in [0.2, 0.25) is 0 Å². The van der Waals surface area contributed by atoms with Gasteiger partial charge >= 0.3 is 0 Å². The quantitative estimate of drug-likeness (QED) is 0.669. The van der Waals surface area contributed by atoms with Gasteiger partial charge in [0, 0.05) is 0 Å². The largest absolute Gasteiger partial charge is 0.496 e. The predicted octanol–water partition coefficient (Wildman–Crippen LogP) is 2.08. The number of hydrogen-bond donors (Lipinski definition) is 0. The van der Waals surface area contributed by atoms with E-state index in [-0.39, 0.29) is 5.78 Å². The Kier molecular flexibility index (Phi) is 2.88. The molecule has 0 bridgehead atoms. The van der Waals surface area contributed by atoms with E-state index in [2.05, 4.69) is 0 Å². The summed E-state index contributed by atoms with van der Waals surface area (Å²) in [5, 5.41) is 8.85. The van der Waals surface area contributed by atoms with Crippen molar-refractivity contribution < 1.29 is 9.53 Å². The van der Waals surface area contributed by atoms with Crippen LogP contribution in [0.25, 0.3) is 0 Å². The van der Waals surface area contributed by atoms with Crippen molar-refractivity contribution in [3.63, 3.8) is 0 Å². The maximum atomic E-state index is 11.3. The third-order valence-electron chi connectivity index (χ3n) is 1.94. The summed E-state index contributed by atoms with van der Waals surface area (Å²) in [5.74, 6) is 0.312. The summed E-state index contributed by atoms with van der Waals surface area (Å²) in [6.07, 6.45) is 0. The first-order chi connectivity index (χ1) is 6.60. The van der Waals surface area contributed by atoms with Crippen LogP contribution < -0.4 is 4.74 Å². The first-order valence-electron chi connectivity index (χ1n) is 4.19. The Labute approximate surface area is 82.9 Å². The lowest BCUT2D eigenvalue weighted by molar-refractivity contribution is 0.101. The topological polar surface area (TPSA) is 50.1 Å². The summed E-state index contributed by atoms with van der Waals surface area (Å²) in [5.41, 5.74) is 1.64. The van der Waals surface area contributed by atoms with E-state index >= 15 is 0 Å². The van der Waals surface area contributed by atoms with Crippen molar-refractivity contribution >= 4 is 5.78 Å².